The number of benzene rings is 3. The maximum absolute atomic E-state index is 14.2. The molecule has 1 N–H and O–H groups in total. The highest BCUT2D eigenvalue weighted by Gasteiger charge is 2.34. The molecule has 218 valence electrons. The second-order valence-electron chi connectivity index (χ2n) is 10.2. The molecule has 7 nitrogen and oxygen atoms in total. The van der Waals surface area contributed by atoms with Crippen molar-refractivity contribution < 1.29 is 18.0 Å². The van der Waals surface area contributed by atoms with Gasteiger partial charge in [0.1, 0.15) is 12.6 Å². The summed E-state index contributed by atoms with van der Waals surface area (Å²) in [4.78, 5) is 29.3. The summed E-state index contributed by atoms with van der Waals surface area (Å²) in [6.07, 6.45) is 5.45. The van der Waals surface area contributed by atoms with E-state index in [-0.39, 0.29) is 23.4 Å². The van der Waals surface area contributed by atoms with Gasteiger partial charge >= 0.3 is 0 Å². The molecule has 1 saturated carbocycles. The van der Waals surface area contributed by atoms with Crippen LogP contribution in [0.4, 0.5) is 5.69 Å². The van der Waals surface area contributed by atoms with Gasteiger partial charge < -0.3 is 10.2 Å². The van der Waals surface area contributed by atoms with E-state index in [9.17, 15) is 18.0 Å². The number of nitrogens with zero attached hydrogens (tertiary/aromatic N) is 2. The monoisotopic (exact) mass is 659 g/mol. The zero-order chi connectivity index (χ0) is 29.4. The third-order valence-electron chi connectivity index (χ3n) is 7.36. The van der Waals surface area contributed by atoms with Gasteiger partial charge in [-0.2, -0.15) is 0 Å². The number of sulfonamides is 1. The van der Waals surface area contributed by atoms with Crippen LogP contribution in [0.2, 0.25) is 5.02 Å². The average Bonchev–Trinajstić information content (AvgIpc) is 2.98. The topological polar surface area (TPSA) is 86.8 Å². The molecule has 0 spiro atoms. The predicted molar refractivity (Wildman–Crippen MR) is 166 cm³/mol. The largest absolute Gasteiger partial charge is 0.352 e. The first kappa shape index (κ1) is 31.1. The number of amides is 2. The van der Waals surface area contributed by atoms with E-state index in [0.29, 0.717) is 22.7 Å². The summed E-state index contributed by atoms with van der Waals surface area (Å²) in [7, 11) is -4.11. The van der Waals surface area contributed by atoms with Crippen molar-refractivity contribution in [2.45, 2.75) is 69.0 Å². The minimum Gasteiger partial charge on any atom is -0.352 e. The second kappa shape index (κ2) is 14.3. The van der Waals surface area contributed by atoms with Gasteiger partial charge in [-0.15, -0.1) is 0 Å². The van der Waals surface area contributed by atoms with Crippen LogP contribution < -0.4 is 9.62 Å². The molecule has 3 aromatic carbocycles. The van der Waals surface area contributed by atoms with Crippen LogP contribution in [0.15, 0.2) is 88.2 Å². The molecule has 1 aliphatic carbocycles. The standard InChI is InChI=1S/C31H35BrClN3O4S/c1-2-29(31(38)34-25-12-5-3-6-13-25)35(21-23-11-9-10-16-28(23)33)30(37)22-36(26-19-17-24(32)18-20-26)41(39,40)27-14-7-4-8-15-27/h4,7-11,14-20,25,29H,2-3,5-6,12-13,21-22H2,1H3,(H,34,38)/t29-/m1/s1. The number of rotatable bonds is 11. The Morgan fingerprint density at radius 2 is 1.59 bits per heavy atom. The van der Waals surface area contributed by atoms with Gasteiger partial charge in [-0.3, -0.25) is 13.9 Å². The number of nitrogens with one attached hydrogen (secondary N) is 1. The molecule has 0 unspecified atom stereocenters. The van der Waals surface area contributed by atoms with Gasteiger partial charge in [0.05, 0.1) is 10.6 Å². The predicted octanol–water partition coefficient (Wildman–Crippen LogP) is 6.55. The van der Waals surface area contributed by atoms with Crippen molar-refractivity contribution in [2.24, 2.45) is 0 Å². The van der Waals surface area contributed by atoms with Crippen molar-refractivity contribution in [1.29, 1.82) is 0 Å². The normalized spacial score (nSPS) is 14.7. The zero-order valence-electron chi connectivity index (χ0n) is 23.0. The highest BCUT2D eigenvalue weighted by Crippen LogP contribution is 2.27. The first-order chi connectivity index (χ1) is 19.7. The molecule has 10 heteroatoms. The van der Waals surface area contributed by atoms with Gasteiger partial charge in [0.2, 0.25) is 11.8 Å². The molecular formula is C31H35BrClN3O4S. The van der Waals surface area contributed by atoms with E-state index >= 15 is 0 Å². The van der Waals surface area contributed by atoms with Crippen molar-refractivity contribution >= 4 is 55.1 Å². The van der Waals surface area contributed by atoms with E-state index in [1.165, 1.54) is 17.0 Å². The Morgan fingerprint density at radius 1 is 0.951 bits per heavy atom. The molecule has 3 aromatic rings. The van der Waals surface area contributed by atoms with Gasteiger partial charge in [0.25, 0.3) is 10.0 Å². The fourth-order valence-electron chi connectivity index (χ4n) is 5.13. The molecule has 2 amide bonds. The summed E-state index contributed by atoms with van der Waals surface area (Å²) in [6.45, 7) is 1.43. The van der Waals surface area contributed by atoms with E-state index in [0.717, 1.165) is 40.9 Å². The summed E-state index contributed by atoms with van der Waals surface area (Å²) in [5, 5.41) is 3.62. The maximum atomic E-state index is 14.2. The molecule has 0 saturated heterocycles. The van der Waals surface area contributed by atoms with Crippen LogP contribution in [0.1, 0.15) is 51.0 Å². The molecule has 1 atom stereocenters. The summed E-state index contributed by atoms with van der Waals surface area (Å²) < 4.78 is 29.6. The summed E-state index contributed by atoms with van der Waals surface area (Å²) in [5.41, 5.74) is 1.01. The van der Waals surface area contributed by atoms with Gasteiger partial charge in [-0.25, -0.2) is 8.42 Å². The minimum atomic E-state index is -4.11. The van der Waals surface area contributed by atoms with Crippen LogP contribution in [-0.2, 0) is 26.2 Å². The van der Waals surface area contributed by atoms with E-state index in [1.54, 1.807) is 54.6 Å². The molecule has 41 heavy (non-hydrogen) atoms. The highest BCUT2D eigenvalue weighted by atomic mass is 79.9. The molecule has 0 radical (unpaired) electrons. The molecule has 4 rings (SSSR count). The molecule has 1 aliphatic rings. The lowest BCUT2D eigenvalue weighted by Gasteiger charge is -2.34. The molecular weight excluding hydrogens is 626 g/mol. The van der Waals surface area contributed by atoms with Gasteiger partial charge in [-0.05, 0) is 67.3 Å². The van der Waals surface area contributed by atoms with Gasteiger partial charge in [0.15, 0.2) is 0 Å². The Hall–Kier alpha value is -2.88. The van der Waals surface area contributed by atoms with E-state index in [4.69, 9.17) is 11.6 Å². The Morgan fingerprint density at radius 3 is 2.22 bits per heavy atom. The van der Waals surface area contributed by atoms with Crippen molar-refractivity contribution in [1.82, 2.24) is 10.2 Å². The Balaban J connectivity index is 1.70. The van der Waals surface area contributed by atoms with E-state index in [1.807, 2.05) is 19.1 Å². The number of carbonyl (C=O) groups is 2. The van der Waals surface area contributed by atoms with E-state index in [2.05, 4.69) is 21.2 Å². The third-order valence-corrected chi connectivity index (χ3v) is 10.0. The number of carbonyl (C=O) groups excluding carboxylic acids is 2. The molecule has 0 heterocycles. The fraction of sp³-hybridized carbons (Fsp3) is 0.355. The lowest BCUT2D eigenvalue weighted by Crippen LogP contribution is -2.54. The van der Waals surface area contributed by atoms with Crippen LogP contribution in [0.3, 0.4) is 0 Å². The molecule has 1 fully saturated rings. The number of hydrogen-bond donors (Lipinski definition) is 1. The number of halogens is 2. The third kappa shape index (κ3) is 7.90. The summed E-state index contributed by atoms with van der Waals surface area (Å²) in [5.74, 6) is -0.737. The Labute approximate surface area is 256 Å². The fourth-order valence-corrected chi connectivity index (χ4v) is 7.02. The summed E-state index contributed by atoms with van der Waals surface area (Å²) >= 11 is 9.87. The first-order valence-corrected chi connectivity index (χ1v) is 16.5. The molecule has 0 aliphatic heterocycles. The molecule has 0 aromatic heterocycles. The first-order valence-electron chi connectivity index (χ1n) is 13.9. The average molecular weight is 661 g/mol. The van der Waals surface area contributed by atoms with Crippen molar-refractivity contribution in [2.75, 3.05) is 10.8 Å². The zero-order valence-corrected chi connectivity index (χ0v) is 26.2. The lowest BCUT2D eigenvalue weighted by atomic mass is 9.95. The quantitative estimate of drug-likeness (QED) is 0.253. The summed E-state index contributed by atoms with van der Waals surface area (Å²) in [6, 6.07) is 21.2. The highest BCUT2D eigenvalue weighted by molar-refractivity contribution is 9.10. The van der Waals surface area contributed by atoms with Gasteiger partial charge in [-0.1, -0.05) is 90.1 Å². The minimum absolute atomic E-state index is 0.0641. The van der Waals surface area contributed by atoms with Gasteiger partial charge in [0, 0.05) is 22.1 Å². The van der Waals surface area contributed by atoms with Crippen molar-refractivity contribution in [3.63, 3.8) is 0 Å². The Kier molecular flexibility index (Phi) is 10.9. The van der Waals surface area contributed by atoms with Crippen LogP contribution in [-0.4, -0.2) is 43.8 Å². The van der Waals surface area contributed by atoms with Crippen LogP contribution in [0, 0.1) is 0 Å². The lowest BCUT2D eigenvalue weighted by molar-refractivity contribution is -0.140. The van der Waals surface area contributed by atoms with Crippen molar-refractivity contribution in [3.8, 4) is 0 Å². The second-order valence-corrected chi connectivity index (χ2v) is 13.4. The smallest absolute Gasteiger partial charge is 0.264 e. The number of anilines is 1. The SMILES string of the molecule is CC[C@H](C(=O)NC1CCCCC1)N(Cc1ccccc1Cl)C(=O)CN(c1ccc(Br)cc1)S(=O)(=O)c1ccccc1. The van der Waals surface area contributed by atoms with E-state index < -0.39 is 28.5 Å². The number of hydrogen-bond acceptors (Lipinski definition) is 4. The van der Waals surface area contributed by atoms with Crippen LogP contribution in [0.5, 0.6) is 0 Å². The maximum Gasteiger partial charge on any atom is 0.264 e. The Bertz CT molecular complexity index is 1430. The van der Waals surface area contributed by atoms with Crippen LogP contribution in [0.25, 0.3) is 0 Å². The van der Waals surface area contributed by atoms with Crippen LogP contribution >= 0.6 is 27.5 Å². The molecule has 0 bridgehead atoms. The van der Waals surface area contributed by atoms with Crippen molar-refractivity contribution in [3.05, 3.63) is 93.9 Å².